The van der Waals surface area contributed by atoms with Gasteiger partial charge in [-0.3, -0.25) is 9.69 Å². The van der Waals surface area contributed by atoms with Gasteiger partial charge in [0.2, 0.25) is 5.91 Å². The van der Waals surface area contributed by atoms with E-state index < -0.39 is 0 Å². The predicted octanol–water partition coefficient (Wildman–Crippen LogP) is 4.24. The lowest BCUT2D eigenvalue weighted by molar-refractivity contribution is -0.117. The highest BCUT2D eigenvalue weighted by atomic mass is 79.9. The van der Waals surface area contributed by atoms with Gasteiger partial charge in [0.15, 0.2) is 11.5 Å². The van der Waals surface area contributed by atoms with Gasteiger partial charge in [0.1, 0.15) is 0 Å². The molecule has 1 N–H and O–H groups in total. The molecule has 2 aromatic carbocycles. The van der Waals surface area contributed by atoms with Crippen LogP contribution in [-0.2, 0) is 11.3 Å². The SMILES string of the molecule is CCOc1ccc(CN(C)CC(=O)Nc2ccc(Br)cc2C)cc1OC. The number of carbonyl (C=O) groups is 1. The molecule has 0 aliphatic carbocycles. The zero-order chi connectivity index (χ0) is 19.1. The fourth-order valence-electron chi connectivity index (χ4n) is 2.65. The highest BCUT2D eigenvalue weighted by Crippen LogP contribution is 2.28. The smallest absolute Gasteiger partial charge is 0.238 e. The summed E-state index contributed by atoms with van der Waals surface area (Å²) in [4.78, 5) is 14.3. The summed E-state index contributed by atoms with van der Waals surface area (Å²) < 4.78 is 11.9. The van der Waals surface area contributed by atoms with Crippen LogP contribution in [0.4, 0.5) is 5.69 Å². The molecule has 140 valence electrons. The van der Waals surface area contributed by atoms with Crippen molar-refractivity contribution in [2.24, 2.45) is 0 Å². The van der Waals surface area contributed by atoms with Crippen LogP contribution in [0.5, 0.6) is 11.5 Å². The molecule has 0 aliphatic rings. The van der Waals surface area contributed by atoms with Crippen LogP contribution in [0, 0.1) is 6.92 Å². The Bertz CT molecular complexity index is 765. The minimum absolute atomic E-state index is 0.0455. The van der Waals surface area contributed by atoms with E-state index in [1.165, 1.54) is 0 Å². The van der Waals surface area contributed by atoms with Crippen LogP contribution in [-0.4, -0.2) is 38.1 Å². The zero-order valence-electron chi connectivity index (χ0n) is 15.6. The second-order valence-electron chi connectivity index (χ2n) is 6.10. The van der Waals surface area contributed by atoms with E-state index in [4.69, 9.17) is 9.47 Å². The fraction of sp³-hybridized carbons (Fsp3) is 0.350. The molecule has 0 spiro atoms. The van der Waals surface area contributed by atoms with Gasteiger partial charge in [0.25, 0.3) is 0 Å². The van der Waals surface area contributed by atoms with Gasteiger partial charge in [0, 0.05) is 16.7 Å². The Balaban J connectivity index is 1.95. The Morgan fingerprint density at radius 3 is 2.62 bits per heavy atom. The number of benzene rings is 2. The van der Waals surface area contributed by atoms with Crippen molar-refractivity contribution in [3.05, 3.63) is 52.0 Å². The number of hydrogen-bond donors (Lipinski definition) is 1. The number of rotatable bonds is 8. The lowest BCUT2D eigenvalue weighted by Crippen LogP contribution is -2.30. The van der Waals surface area contributed by atoms with Crippen molar-refractivity contribution in [1.29, 1.82) is 0 Å². The molecule has 2 rings (SSSR count). The van der Waals surface area contributed by atoms with Gasteiger partial charge in [-0.2, -0.15) is 0 Å². The van der Waals surface area contributed by atoms with Crippen molar-refractivity contribution in [3.63, 3.8) is 0 Å². The van der Waals surface area contributed by atoms with E-state index in [1.54, 1.807) is 7.11 Å². The maximum Gasteiger partial charge on any atom is 0.238 e. The van der Waals surface area contributed by atoms with Crippen LogP contribution in [0.3, 0.4) is 0 Å². The molecule has 6 heteroatoms. The molecule has 2 aromatic rings. The molecule has 0 saturated heterocycles. The molecule has 0 heterocycles. The third-order valence-electron chi connectivity index (χ3n) is 3.86. The van der Waals surface area contributed by atoms with Gasteiger partial charge in [-0.15, -0.1) is 0 Å². The average molecular weight is 421 g/mol. The van der Waals surface area contributed by atoms with Crippen molar-refractivity contribution in [1.82, 2.24) is 4.90 Å². The third-order valence-corrected chi connectivity index (χ3v) is 4.35. The lowest BCUT2D eigenvalue weighted by Gasteiger charge is -2.18. The summed E-state index contributed by atoms with van der Waals surface area (Å²) in [5, 5.41) is 2.96. The van der Waals surface area contributed by atoms with Crippen LogP contribution in [0.1, 0.15) is 18.1 Å². The van der Waals surface area contributed by atoms with Crippen molar-refractivity contribution < 1.29 is 14.3 Å². The van der Waals surface area contributed by atoms with Gasteiger partial charge in [-0.25, -0.2) is 0 Å². The number of aryl methyl sites for hydroxylation is 1. The number of ether oxygens (including phenoxy) is 2. The Hall–Kier alpha value is -2.05. The van der Waals surface area contributed by atoms with Crippen molar-refractivity contribution >= 4 is 27.5 Å². The first-order valence-corrected chi connectivity index (χ1v) is 9.26. The molecular formula is C20H25BrN2O3. The van der Waals surface area contributed by atoms with E-state index in [0.29, 0.717) is 25.4 Å². The summed E-state index contributed by atoms with van der Waals surface area (Å²) in [6, 6.07) is 11.6. The number of anilines is 1. The Morgan fingerprint density at radius 1 is 1.19 bits per heavy atom. The van der Waals surface area contributed by atoms with Crippen LogP contribution in [0.25, 0.3) is 0 Å². The molecule has 1 amide bonds. The van der Waals surface area contributed by atoms with E-state index in [1.807, 2.05) is 62.2 Å². The molecule has 0 fully saturated rings. The third kappa shape index (κ3) is 5.75. The number of amides is 1. The molecule has 0 aromatic heterocycles. The summed E-state index contributed by atoms with van der Waals surface area (Å²) in [5.74, 6) is 1.38. The van der Waals surface area contributed by atoms with Crippen LogP contribution >= 0.6 is 15.9 Å². The summed E-state index contributed by atoms with van der Waals surface area (Å²) in [5.41, 5.74) is 2.90. The van der Waals surface area contributed by atoms with E-state index in [2.05, 4.69) is 21.2 Å². The molecule has 26 heavy (non-hydrogen) atoms. The van der Waals surface area contributed by atoms with Crippen molar-refractivity contribution in [3.8, 4) is 11.5 Å². The van der Waals surface area contributed by atoms with Crippen LogP contribution in [0.15, 0.2) is 40.9 Å². The number of hydrogen-bond acceptors (Lipinski definition) is 4. The topological polar surface area (TPSA) is 50.8 Å². The number of likely N-dealkylation sites (N-methyl/N-ethyl adjacent to an activating group) is 1. The predicted molar refractivity (Wildman–Crippen MR) is 108 cm³/mol. The van der Waals surface area contributed by atoms with Gasteiger partial charge in [-0.1, -0.05) is 22.0 Å². The first kappa shape index (κ1) is 20.3. The van der Waals surface area contributed by atoms with Gasteiger partial charge in [0.05, 0.1) is 20.3 Å². The first-order chi connectivity index (χ1) is 12.4. The molecular weight excluding hydrogens is 396 g/mol. The highest BCUT2D eigenvalue weighted by molar-refractivity contribution is 9.10. The number of halogens is 1. The van der Waals surface area contributed by atoms with Gasteiger partial charge < -0.3 is 14.8 Å². The number of methoxy groups -OCH3 is 1. The number of nitrogens with zero attached hydrogens (tertiary/aromatic N) is 1. The summed E-state index contributed by atoms with van der Waals surface area (Å²) in [6.45, 7) is 5.43. The summed E-state index contributed by atoms with van der Waals surface area (Å²) in [7, 11) is 3.54. The molecule has 0 unspecified atom stereocenters. The maximum absolute atomic E-state index is 12.3. The molecule has 5 nitrogen and oxygen atoms in total. The minimum Gasteiger partial charge on any atom is -0.493 e. The lowest BCUT2D eigenvalue weighted by atomic mass is 10.2. The van der Waals surface area contributed by atoms with Gasteiger partial charge >= 0.3 is 0 Å². The Kier molecular flexibility index (Phi) is 7.48. The summed E-state index contributed by atoms with van der Waals surface area (Å²) >= 11 is 3.43. The molecule has 0 bridgehead atoms. The number of nitrogens with one attached hydrogen (secondary N) is 1. The minimum atomic E-state index is -0.0455. The number of carbonyl (C=O) groups excluding carboxylic acids is 1. The molecule has 0 saturated carbocycles. The quantitative estimate of drug-likeness (QED) is 0.693. The second kappa shape index (κ2) is 9.59. The summed E-state index contributed by atoms with van der Waals surface area (Å²) in [6.07, 6.45) is 0. The Morgan fingerprint density at radius 2 is 1.96 bits per heavy atom. The van der Waals surface area contributed by atoms with Gasteiger partial charge in [-0.05, 0) is 62.4 Å². The largest absolute Gasteiger partial charge is 0.493 e. The van der Waals surface area contributed by atoms with Crippen LogP contribution in [0.2, 0.25) is 0 Å². The Labute approximate surface area is 163 Å². The van der Waals surface area contributed by atoms with E-state index in [9.17, 15) is 4.79 Å². The van der Waals surface area contributed by atoms with Crippen molar-refractivity contribution in [2.45, 2.75) is 20.4 Å². The van der Waals surface area contributed by atoms with E-state index in [-0.39, 0.29) is 5.91 Å². The fourth-order valence-corrected chi connectivity index (χ4v) is 3.13. The first-order valence-electron chi connectivity index (χ1n) is 8.47. The van der Waals surface area contributed by atoms with E-state index in [0.717, 1.165) is 27.0 Å². The normalized spacial score (nSPS) is 10.7. The monoisotopic (exact) mass is 420 g/mol. The van der Waals surface area contributed by atoms with E-state index >= 15 is 0 Å². The highest BCUT2D eigenvalue weighted by Gasteiger charge is 2.11. The standard InChI is InChI=1S/C20H25BrN2O3/c1-5-26-18-9-6-15(11-19(18)25-4)12-23(3)13-20(24)22-17-8-7-16(21)10-14(17)2/h6-11H,5,12-13H2,1-4H3,(H,22,24). The molecule has 0 radical (unpaired) electrons. The average Bonchev–Trinajstić information content (AvgIpc) is 2.58. The maximum atomic E-state index is 12.3. The molecule has 0 atom stereocenters. The van der Waals surface area contributed by atoms with Crippen molar-refractivity contribution in [2.75, 3.05) is 32.6 Å². The molecule has 0 aliphatic heterocycles. The zero-order valence-corrected chi connectivity index (χ0v) is 17.2. The van der Waals surface area contributed by atoms with Crippen LogP contribution < -0.4 is 14.8 Å². The second-order valence-corrected chi connectivity index (χ2v) is 7.01.